The van der Waals surface area contributed by atoms with Gasteiger partial charge in [0.15, 0.2) is 5.13 Å². The van der Waals surface area contributed by atoms with E-state index in [9.17, 15) is 16.8 Å². The SMILES string of the molecule is CN1CCN(S(=O)(=O)c2ccc3nc(NS(=O)(=O)c4cccs4)sc3c2)CC1. The first-order chi connectivity index (χ1) is 13.3. The Balaban J connectivity index is 1.62. The zero-order chi connectivity index (χ0) is 19.9. The van der Waals surface area contributed by atoms with E-state index in [1.807, 2.05) is 7.05 Å². The molecule has 0 spiro atoms. The minimum absolute atomic E-state index is 0.195. The molecule has 1 N–H and O–H groups in total. The molecule has 1 aliphatic heterocycles. The molecule has 1 fully saturated rings. The van der Waals surface area contributed by atoms with E-state index in [1.165, 1.54) is 16.4 Å². The number of anilines is 1. The highest BCUT2D eigenvalue weighted by atomic mass is 32.2. The van der Waals surface area contributed by atoms with Crippen LogP contribution in [0.15, 0.2) is 44.8 Å². The van der Waals surface area contributed by atoms with Gasteiger partial charge in [-0.05, 0) is 36.7 Å². The number of nitrogens with one attached hydrogen (secondary N) is 1. The van der Waals surface area contributed by atoms with Crippen LogP contribution in [0.25, 0.3) is 10.2 Å². The molecular formula is C16H18N4O4S4. The maximum absolute atomic E-state index is 12.9. The molecule has 28 heavy (non-hydrogen) atoms. The van der Waals surface area contributed by atoms with E-state index >= 15 is 0 Å². The summed E-state index contributed by atoms with van der Waals surface area (Å²) < 4.78 is 55.3. The van der Waals surface area contributed by atoms with Crippen molar-refractivity contribution < 1.29 is 16.8 Å². The molecule has 4 rings (SSSR count). The van der Waals surface area contributed by atoms with Crippen LogP contribution in [0.5, 0.6) is 0 Å². The number of aromatic nitrogens is 1. The van der Waals surface area contributed by atoms with E-state index in [-0.39, 0.29) is 14.2 Å². The first kappa shape index (κ1) is 19.7. The van der Waals surface area contributed by atoms with Crippen molar-refractivity contribution in [2.75, 3.05) is 37.9 Å². The van der Waals surface area contributed by atoms with Gasteiger partial charge in [0.2, 0.25) is 10.0 Å². The van der Waals surface area contributed by atoms with Gasteiger partial charge in [-0.25, -0.2) is 21.8 Å². The molecule has 12 heteroatoms. The van der Waals surface area contributed by atoms with Gasteiger partial charge >= 0.3 is 0 Å². The lowest BCUT2D eigenvalue weighted by Gasteiger charge is -2.31. The Morgan fingerprint density at radius 3 is 2.50 bits per heavy atom. The summed E-state index contributed by atoms with van der Waals surface area (Å²) in [6, 6.07) is 7.86. The van der Waals surface area contributed by atoms with Gasteiger partial charge in [-0.15, -0.1) is 11.3 Å². The quantitative estimate of drug-likeness (QED) is 0.629. The minimum atomic E-state index is -3.69. The van der Waals surface area contributed by atoms with E-state index in [0.29, 0.717) is 36.4 Å². The summed E-state index contributed by atoms with van der Waals surface area (Å²) in [6.45, 7) is 2.28. The molecule has 3 heterocycles. The van der Waals surface area contributed by atoms with Crippen molar-refractivity contribution in [2.24, 2.45) is 0 Å². The first-order valence-electron chi connectivity index (χ1n) is 8.41. The fourth-order valence-corrected chi connectivity index (χ4v) is 7.52. The van der Waals surface area contributed by atoms with Crippen LogP contribution in [0.3, 0.4) is 0 Å². The summed E-state index contributed by atoms with van der Waals surface area (Å²) in [4.78, 5) is 6.55. The van der Waals surface area contributed by atoms with Gasteiger partial charge in [-0.1, -0.05) is 17.4 Å². The molecule has 1 aliphatic rings. The Morgan fingerprint density at radius 2 is 1.82 bits per heavy atom. The van der Waals surface area contributed by atoms with Crippen LogP contribution in [0.2, 0.25) is 0 Å². The third-order valence-electron chi connectivity index (χ3n) is 4.44. The summed E-state index contributed by atoms with van der Waals surface area (Å²) in [6.07, 6.45) is 0. The molecule has 0 unspecified atom stereocenters. The number of rotatable bonds is 5. The molecule has 0 radical (unpaired) electrons. The predicted octanol–water partition coefficient (Wildman–Crippen LogP) is 2.09. The van der Waals surface area contributed by atoms with Crippen LogP contribution in [0.1, 0.15) is 0 Å². The first-order valence-corrected chi connectivity index (χ1v) is 13.0. The van der Waals surface area contributed by atoms with Crippen LogP contribution in [-0.2, 0) is 20.0 Å². The summed E-state index contributed by atoms with van der Waals surface area (Å²) in [5.41, 5.74) is 0.547. The van der Waals surface area contributed by atoms with Gasteiger partial charge in [0.25, 0.3) is 10.0 Å². The van der Waals surface area contributed by atoms with Gasteiger partial charge in [0.1, 0.15) is 4.21 Å². The average Bonchev–Trinajstić information content (AvgIpc) is 3.30. The molecule has 0 bridgehead atoms. The summed E-state index contributed by atoms with van der Waals surface area (Å²) in [5, 5.41) is 1.89. The minimum Gasteiger partial charge on any atom is -0.304 e. The molecule has 0 saturated carbocycles. The smallest absolute Gasteiger partial charge is 0.273 e. The van der Waals surface area contributed by atoms with E-state index in [1.54, 1.807) is 23.6 Å². The zero-order valence-corrected chi connectivity index (χ0v) is 18.2. The average molecular weight is 459 g/mol. The lowest BCUT2D eigenvalue weighted by atomic mass is 10.3. The highest BCUT2D eigenvalue weighted by Gasteiger charge is 2.28. The molecule has 0 aliphatic carbocycles. The number of thiophene rings is 1. The Hall–Kier alpha value is -1.57. The number of nitrogens with zero attached hydrogens (tertiary/aromatic N) is 3. The Morgan fingerprint density at radius 1 is 1.07 bits per heavy atom. The third-order valence-corrected chi connectivity index (χ3v) is 10.1. The summed E-state index contributed by atoms with van der Waals surface area (Å²) in [5.74, 6) is 0. The number of benzene rings is 1. The highest BCUT2D eigenvalue weighted by molar-refractivity contribution is 7.94. The summed E-state index contributed by atoms with van der Waals surface area (Å²) in [7, 11) is -5.32. The number of likely N-dealkylation sites (N-methyl/N-ethyl adjacent to an activating group) is 1. The maximum atomic E-state index is 12.9. The normalized spacial score (nSPS) is 17.2. The standard InChI is InChI=1S/C16H18N4O4S4/c1-19-6-8-20(9-7-19)28(23,24)12-4-5-13-14(11-12)26-16(17-13)18-27(21,22)15-3-2-10-25-15/h2-5,10-11H,6-9H2,1H3,(H,17,18). The van der Waals surface area contributed by atoms with Crippen LogP contribution < -0.4 is 4.72 Å². The second kappa shape index (κ2) is 7.35. The molecule has 2 aromatic heterocycles. The van der Waals surface area contributed by atoms with E-state index in [2.05, 4.69) is 14.6 Å². The maximum Gasteiger partial charge on any atom is 0.273 e. The van der Waals surface area contributed by atoms with Gasteiger partial charge < -0.3 is 4.90 Å². The number of hydrogen-bond donors (Lipinski definition) is 1. The van der Waals surface area contributed by atoms with Crippen LogP contribution >= 0.6 is 22.7 Å². The van der Waals surface area contributed by atoms with Gasteiger partial charge in [-0.3, -0.25) is 4.72 Å². The molecule has 0 atom stereocenters. The Labute approximate surface area is 171 Å². The number of thiazole rings is 1. The van der Waals surface area contributed by atoms with Crippen molar-refractivity contribution >= 4 is 58.1 Å². The molecule has 150 valence electrons. The largest absolute Gasteiger partial charge is 0.304 e. The van der Waals surface area contributed by atoms with Gasteiger partial charge in [-0.2, -0.15) is 4.31 Å². The van der Waals surface area contributed by atoms with Crippen molar-refractivity contribution in [1.29, 1.82) is 0 Å². The van der Waals surface area contributed by atoms with Crippen molar-refractivity contribution in [3.63, 3.8) is 0 Å². The number of fused-ring (bicyclic) bond motifs is 1. The molecule has 1 aromatic carbocycles. The van der Waals surface area contributed by atoms with Crippen molar-refractivity contribution in [3.05, 3.63) is 35.7 Å². The van der Waals surface area contributed by atoms with Crippen LogP contribution in [-0.4, -0.2) is 64.3 Å². The molecule has 8 nitrogen and oxygen atoms in total. The topological polar surface area (TPSA) is 99.7 Å². The molecule has 3 aromatic rings. The van der Waals surface area contributed by atoms with Gasteiger partial charge in [0.05, 0.1) is 15.1 Å². The van der Waals surface area contributed by atoms with Crippen LogP contribution in [0.4, 0.5) is 5.13 Å². The highest BCUT2D eigenvalue weighted by Crippen LogP contribution is 2.31. The van der Waals surface area contributed by atoms with E-state index in [4.69, 9.17) is 0 Å². The fourth-order valence-electron chi connectivity index (χ4n) is 2.87. The van der Waals surface area contributed by atoms with E-state index in [0.717, 1.165) is 22.7 Å². The third kappa shape index (κ3) is 3.80. The number of sulfonamides is 2. The van der Waals surface area contributed by atoms with Crippen molar-refractivity contribution in [1.82, 2.24) is 14.2 Å². The van der Waals surface area contributed by atoms with Crippen molar-refractivity contribution in [3.8, 4) is 0 Å². The predicted molar refractivity (Wildman–Crippen MR) is 111 cm³/mol. The number of hydrogen-bond acceptors (Lipinski definition) is 8. The molecule has 1 saturated heterocycles. The Bertz CT molecular complexity index is 1190. The number of piperazine rings is 1. The van der Waals surface area contributed by atoms with Gasteiger partial charge in [0, 0.05) is 26.2 Å². The molecular weight excluding hydrogens is 440 g/mol. The monoisotopic (exact) mass is 458 g/mol. The fraction of sp³-hybridized carbons (Fsp3) is 0.312. The van der Waals surface area contributed by atoms with Crippen molar-refractivity contribution in [2.45, 2.75) is 9.10 Å². The second-order valence-corrected chi connectivity index (χ2v) is 12.2. The lowest BCUT2D eigenvalue weighted by Crippen LogP contribution is -2.46. The zero-order valence-electron chi connectivity index (χ0n) is 14.9. The molecule has 0 amide bonds. The Kier molecular flexibility index (Phi) is 5.18. The second-order valence-electron chi connectivity index (χ2n) is 6.39. The lowest BCUT2D eigenvalue weighted by molar-refractivity contribution is 0.222. The summed E-state index contributed by atoms with van der Waals surface area (Å²) >= 11 is 2.23. The van der Waals surface area contributed by atoms with E-state index < -0.39 is 20.0 Å². The van der Waals surface area contributed by atoms with Crippen LogP contribution in [0, 0.1) is 0 Å².